The third-order valence-electron chi connectivity index (χ3n) is 2.54. The molecule has 0 fully saturated rings. The van der Waals surface area contributed by atoms with E-state index < -0.39 is 29.8 Å². The molecule has 6 nitrogen and oxygen atoms in total. The van der Waals surface area contributed by atoms with E-state index in [1.807, 2.05) is 6.26 Å². The molecular formula is C15H27NO5S. The van der Waals surface area contributed by atoms with Gasteiger partial charge in [-0.2, -0.15) is 11.8 Å². The van der Waals surface area contributed by atoms with E-state index in [0.717, 1.165) is 5.75 Å². The minimum atomic E-state index is -1.03. The SMILES string of the molecule is C=CCOC(=O)C[C@H](O)[C@H](CCSC)NC(=O)OC(C)(C)C. The van der Waals surface area contributed by atoms with Crippen LogP contribution in [0.4, 0.5) is 4.79 Å². The summed E-state index contributed by atoms with van der Waals surface area (Å²) in [5.41, 5.74) is -0.623. The van der Waals surface area contributed by atoms with E-state index >= 15 is 0 Å². The molecule has 0 aromatic rings. The molecule has 0 aliphatic rings. The van der Waals surface area contributed by atoms with E-state index in [2.05, 4.69) is 11.9 Å². The molecule has 0 aliphatic heterocycles. The van der Waals surface area contributed by atoms with Crippen molar-refractivity contribution in [3.8, 4) is 0 Å². The molecular weight excluding hydrogens is 306 g/mol. The van der Waals surface area contributed by atoms with Crippen molar-refractivity contribution in [1.29, 1.82) is 0 Å². The summed E-state index contributed by atoms with van der Waals surface area (Å²) in [5.74, 6) is 0.201. The second-order valence-corrected chi connectivity index (χ2v) is 6.76. The number of esters is 1. The maximum atomic E-state index is 11.8. The van der Waals surface area contributed by atoms with E-state index in [0.29, 0.717) is 6.42 Å². The van der Waals surface area contributed by atoms with Crippen molar-refractivity contribution in [1.82, 2.24) is 5.32 Å². The largest absolute Gasteiger partial charge is 0.461 e. The Labute approximate surface area is 136 Å². The number of aliphatic hydroxyl groups is 1. The standard InChI is InChI=1S/C15H27NO5S/c1-6-8-20-13(18)10-12(17)11(7-9-22-5)16-14(19)21-15(2,3)4/h6,11-12,17H,1,7-10H2,2-5H3,(H,16,19)/t11-,12-/m0/s1. The van der Waals surface area contributed by atoms with E-state index in [9.17, 15) is 14.7 Å². The lowest BCUT2D eigenvalue weighted by molar-refractivity contribution is -0.145. The Morgan fingerprint density at radius 1 is 1.41 bits per heavy atom. The number of thioether (sulfide) groups is 1. The van der Waals surface area contributed by atoms with Crippen LogP contribution in [0.5, 0.6) is 0 Å². The molecule has 1 amide bonds. The Bertz CT molecular complexity index is 367. The van der Waals surface area contributed by atoms with Gasteiger partial charge in [-0.25, -0.2) is 4.79 Å². The Hall–Kier alpha value is -1.21. The van der Waals surface area contributed by atoms with Crippen LogP contribution in [0, 0.1) is 0 Å². The first-order chi connectivity index (χ1) is 10.2. The highest BCUT2D eigenvalue weighted by atomic mass is 32.2. The van der Waals surface area contributed by atoms with Gasteiger partial charge in [0.05, 0.1) is 18.6 Å². The fourth-order valence-electron chi connectivity index (χ4n) is 1.59. The molecule has 128 valence electrons. The van der Waals surface area contributed by atoms with E-state index in [-0.39, 0.29) is 13.0 Å². The van der Waals surface area contributed by atoms with Crippen molar-refractivity contribution >= 4 is 23.8 Å². The number of aliphatic hydroxyl groups excluding tert-OH is 1. The molecule has 0 bridgehead atoms. The Morgan fingerprint density at radius 3 is 2.55 bits per heavy atom. The third kappa shape index (κ3) is 10.5. The van der Waals surface area contributed by atoms with Crippen LogP contribution in [0.25, 0.3) is 0 Å². The predicted molar refractivity (Wildman–Crippen MR) is 87.9 cm³/mol. The monoisotopic (exact) mass is 333 g/mol. The van der Waals surface area contributed by atoms with Crippen molar-refractivity contribution in [2.45, 2.75) is 51.4 Å². The lowest BCUT2D eigenvalue weighted by Gasteiger charge is -2.26. The Morgan fingerprint density at radius 2 is 2.05 bits per heavy atom. The van der Waals surface area contributed by atoms with Gasteiger partial charge in [0.25, 0.3) is 0 Å². The van der Waals surface area contributed by atoms with E-state index in [1.165, 1.54) is 6.08 Å². The summed E-state index contributed by atoms with van der Waals surface area (Å²) in [5, 5.41) is 12.8. The molecule has 2 atom stereocenters. The van der Waals surface area contributed by atoms with Gasteiger partial charge in [-0.3, -0.25) is 4.79 Å². The Balaban J connectivity index is 4.56. The van der Waals surface area contributed by atoms with Gasteiger partial charge in [0.1, 0.15) is 12.2 Å². The summed E-state index contributed by atoms with van der Waals surface area (Å²) in [4.78, 5) is 23.3. The van der Waals surface area contributed by atoms with Gasteiger partial charge in [0.2, 0.25) is 0 Å². The predicted octanol–water partition coefficient (Wildman–Crippen LogP) is 2.11. The number of hydrogen-bond acceptors (Lipinski definition) is 6. The zero-order valence-electron chi connectivity index (χ0n) is 13.8. The first-order valence-corrected chi connectivity index (χ1v) is 8.52. The minimum absolute atomic E-state index is 0.0977. The van der Waals surface area contributed by atoms with Crippen LogP contribution in [0.15, 0.2) is 12.7 Å². The second-order valence-electron chi connectivity index (χ2n) is 5.78. The maximum absolute atomic E-state index is 11.8. The zero-order valence-corrected chi connectivity index (χ0v) is 14.6. The van der Waals surface area contributed by atoms with Crippen molar-refractivity contribution < 1.29 is 24.2 Å². The zero-order chi connectivity index (χ0) is 17.2. The van der Waals surface area contributed by atoms with Crippen LogP contribution in [0.1, 0.15) is 33.6 Å². The summed E-state index contributed by atoms with van der Waals surface area (Å²) >= 11 is 1.59. The molecule has 0 saturated heterocycles. The van der Waals surface area contributed by atoms with Crippen LogP contribution in [0.3, 0.4) is 0 Å². The molecule has 0 aliphatic carbocycles. The summed E-state index contributed by atoms with van der Waals surface area (Å²) in [6, 6.07) is -0.571. The second kappa shape index (κ2) is 10.5. The number of carbonyl (C=O) groups excluding carboxylic acids is 2. The van der Waals surface area contributed by atoms with E-state index in [4.69, 9.17) is 9.47 Å². The average Bonchev–Trinajstić information content (AvgIpc) is 2.38. The van der Waals surface area contributed by atoms with Crippen molar-refractivity contribution in [2.75, 3.05) is 18.6 Å². The molecule has 22 heavy (non-hydrogen) atoms. The number of nitrogens with one attached hydrogen (secondary N) is 1. The number of ether oxygens (including phenoxy) is 2. The first-order valence-electron chi connectivity index (χ1n) is 7.12. The molecule has 0 saturated carbocycles. The van der Waals surface area contributed by atoms with Crippen LogP contribution >= 0.6 is 11.8 Å². The molecule has 0 aromatic carbocycles. The number of hydrogen-bond donors (Lipinski definition) is 2. The average molecular weight is 333 g/mol. The highest BCUT2D eigenvalue weighted by Crippen LogP contribution is 2.11. The summed E-state index contributed by atoms with van der Waals surface area (Å²) in [6.07, 6.45) is 2.07. The summed E-state index contributed by atoms with van der Waals surface area (Å²) < 4.78 is 10.0. The third-order valence-corrected chi connectivity index (χ3v) is 3.18. The van der Waals surface area contributed by atoms with Crippen molar-refractivity contribution in [2.24, 2.45) is 0 Å². The lowest BCUT2D eigenvalue weighted by atomic mass is 10.1. The molecule has 7 heteroatoms. The molecule has 0 rings (SSSR count). The van der Waals surface area contributed by atoms with Crippen LogP contribution in [-0.4, -0.2) is 53.5 Å². The molecule has 0 unspecified atom stereocenters. The first kappa shape index (κ1) is 20.8. The Kier molecular flexibility index (Phi) is 9.93. The highest BCUT2D eigenvalue weighted by Gasteiger charge is 2.26. The van der Waals surface area contributed by atoms with Gasteiger partial charge >= 0.3 is 12.1 Å². The summed E-state index contributed by atoms with van der Waals surface area (Å²) in [6.45, 7) is 8.81. The van der Waals surface area contributed by atoms with Gasteiger partial charge < -0.3 is 19.9 Å². The van der Waals surface area contributed by atoms with Gasteiger partial charge in [-0.1, -0.05) is 12.7 Å². The molecule has 2 N–H and O–H groups in total. The fraction of sp³-hybridized carbons (Fsp3) is 0.733. The van der Waals surface area contributed by atoms with Crippen LogP contribution in [0.2, 0.25) is 0 Å². The topological polar surface area (TPSA) is 84.9 Å². The van der Waals surface area contributed by atoms with Crippen molar-refractivity contribution in [3.63, 3.8) is 0 Å². The van der Waals surface area contributed by atoms with Crippen LogP contribution in [-0.2, 0) is 14.3 Å². The molecule has 0 radical (unpaired) electrons. The maximum Gasteiger partial charge on any atom is 0.407 e. The molecule has 0 aromatic heterocycles. The van der Waals surface area contributed by atoms with Gasteiger partial charge in [-0.15, -0.1) is 0 Å². The highest BCUT2D eigenvalue weighted by molar-refractivity contribution is 7.98. The number of rotatable bonds is 9. The molecule has 0 heterocycles. The summed E-state index contributed by atoms with van der Waals surface area (Å²) in [7, 11) is 0. The molecule has 0 spiro atoms. The van der Waals surface area contributed by atoms with E-state index in [1.54, 1.807) is 32.5 Å². The number of carbonyl (C=O) groups is 2. The normalized spacial score (nSPS) is 13.9. The van der Waals surface area contributed by atoms with Crippen LogP contribution < -0.4 is 5.32 Å². The van der Waals surface area contributed by atoms with Gasteiger partial charge in [-0.05, 0) is 39.2 Å². The van der Waals surface area contributed by atoms with Gasteiger partial charge in [0, 0.05) is 0 Å². The lowest BCUT2D eigenvalue weighted by Crippen LogP contribution is -2.46. The number of alkyl carbamates (subject to hydrolysis) is 1. The number of amides is 1. The fourth-order valence-corrected chi connectivity index (χ4v) is 2.08. The quantitative estimate of drug-likeness (QED) is 0.496. The van der Waals surface area contributed by atoms with Crippen molar-refractivity contribution in [3.05, 3.63) is 12.7 Å². The smallest absolute Gasteiger partial charge is 0.407 e. The van der Waals surface area contributed by atoms with Gasteiger partial charge in [0.15, 0.2) is 0 Å². The minimum Gasteiger partial charge on any atom is -0.461 e.